The Morgan fingerprint density at radius 3 is 1.10 bits per heavy atom. The number of ether oxygens (including phenoxy) is 7. The predicted octanol–water partition coefficient (Wildman–Crippen LogP) is 11.1. The van der Waals surface area contributed by atoms with Crippen LogP contribution in [0.4, 0.5) is 0 Å². The highest BCUT2D eigenvalue weighted by Gasteiger charge is 2.58. The van der Waals surface area contributed by atoms with Crippen LogP contribution in [0.3, 0.4) is 0 Å². The normalized spacial score (nSPS) is 27.5. The van der Waals surface area contributed by atoms with Gasteiger partial charge in [-0.1, -0.05) is 258 Å². The molecule has 2 aliphatic heterocycles. The summed E-state index contributed by atoms with van der Waals surface area (Å²) in [7, 11) is -5.69. The minimum atomic E-state index is -5.69. The lowest BCUT2D eigenvalue weighted by atomic mass is 9.84. The van der Waals surface area contributed by atoms with Crippen LogP contribution in [-0.4, -0.2) is 204 Å². The summed E-state index contributed by atoms with van der Waals surface area (Å²) in [6.45, 7) is 3.46. The van der Waals surface area contributed by atoms with Crippen molar-refractivity contribution >= 4 is 25.7 Å². The molecule has 24 nitrogen and oxygen atoms in total. The number of hydrogen-bond acceptors (Lipinski definition) is 23. The first-order chi connectivity index (χ1) is 47.8. The molecule has 3 rings (SSSR count). The van der Waals surface area contributed by atoms with Crippen LogP contribution in [0.25, 0.3) is 0 Å². The van der Waals surface area contributed by atoms with Crippen LogP contribution in [-0.2, 0) is 61.2 Å². The molecule has 18 atom stereocenters. The fourth-order valence-electron chi connectivity index (χ4n) is 12.9. The summed E-state index contributed by atoms with van der Waals surface area (Å²) in [4.78, 5) is 51.0. The SMILES string of the molecule is CCCCCC/C=C\CCCCCCCCCC(=O)OCC1OC(OC2C(O)C(O)C(O)C(OC3OC(CO)C(O)C(O)C3O)C2OP(=O)(O)OCC(COC(=O)CCCCCCCCCCCCCCCCCC)OC(=O)CCCCCCCCCCCCCCC)C(O)C(O)C1O. The highest BCUT2D eigenvalue weighted by atomic mass is 31.2. The number of hydrogen-bond donors (Lipinski definition) is 11. The molecule has 3 fully saturated rings. The van der Waals surface area contributed by atoms with Crippen LogP contribution >= 0.6 is 7.82 Å². The lowest BCUT2D eigenvalue weighted by Crippen LogP contribution is -2.69. The van der Waals surface area contributed by atoms with Crippen LogP contribution < -0.4 is 0 Å². The molecule has 0 aromatic carbocycles. The number of rotatable bonds is 61. The van der Waals surface area contributed by atoms with E-state index in [1.807, 2.05) is 0 Å². The van der Waals surface area contributed by atoms with Crippen molar-refractivity contribution in [3.05, 3.63) is 12.2 Å². The minimum absolute atomic E-state index is 0.0248. The maximum Gasteiger partial charge on any atom is 0.472 e. The van der Waals surface area contributed by atoms with E-state index in [-0.39, 0.29) is 19.3 Å². The Bertz CT molecular complexity index is 2090. The van der Waals surface area contributed by atoms with Gasteiger partial charge in [0.1, 0.15) is 98.7 Å². The molecule has 0 radical (unpaired) electrons. The molecule has 0 spiro atoms. The Hall–Kier alpha value is -2.30. The maximum absolute atomic E-state index is 14.3. The molecule has 2 heterocycles. The molecule has 18 unspecified atom stereocenters. The summed E-state index contributed by atoms with van der Waals surface area (Å²) in [6.07, 6.45) is 15.5. The first-order valence-electron chi connectivity index (χ1n) is 39.0. The van der Waals surface area contributed by atoms with Crippen LogP contribution in [0.5, 0.6) is 0 Å². The number of unbranched alkanes of at least 4 members (excludes halogenated alkanes) is 38. The second-order valence-electron chi connectivity index (χ2n) is 28.1. The van der Waals surface area contributed by atoms with Crippen molar-refractivity contribution in [3.8, 4) is 0 Å². The Morgan fingerprint density at radius 2 is 0.707 bits per heavy atom. The molecule has 1 aliphatic carbocycles. The Kier molecular flexibility index (Phi) is 51.5. The minimum Gasteiger partial charge on any atom is -0.463 e. The molecule has 11 N–H and O–H groups in total. The summed E-state index contributed by atoms with van der Waals surface area (Å²) in [5.74, 6) is -1.98. The van der Waals surface area contributed by atoms with E-state index in [0.29, 0.717) is 19.3 Å². The highest BCUT2D eigenvalue weighted by Crippen LogP contribution is 2.49. The van der Waals surface area contributed by atoms with Gasteiger partial charge in [-0.3, -0.25) is 23.4 Å². The molecular formula is C74H137O24P. The van der Waals surface area contributed by atoms with E-state index in [2.05, 4.69) is 32.9 Å². The van der Waals surface area contributed by atoms with E-state index < -0.39 is 156 Å². The molecule has 0 aromatic rings. The fraction of sp³-hybridized carbons (Fsp3) is 0.932. The average molecular weight is 1440 g/mol. The van der Waals surface area contributed by atoms with Crippen LogP contribution in [0.1, 0.15) is 310 Å². The average Bonchev–Trinajstić information content (AvgIpc) is 0.763. The van der Waals surface area contributed by atoms with Gasteiger partial charge in [0.2, 0.25) is 0 Å². The number of aliphatic hydroxyl groups is 10. The molecular weight excluding hydrogens is 1300 g/mol. The number of phosphoric acid groups is 1. The standard InChI is InChI=1S/C74H137O24P/c1-4-7-10-13-16-19-22-25-27-29-32-33-36-39-42-45-48-58(76)90-52-55(93-60(78)50-47-44-41-38-35-30-24-21-18-15-12-9-6-3)53-92-99(88,89)98-72-70(96-73-68(86)63(81)61(79)56(51-75)94-73)66(84)65(83)67(85)71(72)97-74-69(87)64(82)62(80)57(95-74)54-91-59(77)49-46-43-40-37-34-31-28-26-23-20-17-14-11-8-5-2/h20,23,55-57,61-75,79-87H,4-19,21-22,24-54H2,1-3H3,(H,88,89)/b23-20-. The molecule has 2 saturated heterocycles. The lowest BCUT2D eigenvalue weighted by Gasteiger charge is -2.49. The largest absolute Gasteiger partial charge is 0.472 e. The van der Waals surface area contributed by atoms with Gasteiger partial charge < -0.3 is 89.1 Å². The van der Waals surface area contributed by atoms with Crippen LogP contribution in [0.15, 0.2) is 12.2 Å². The number of carbonyl (C=O) groups is 3. The van der Waals surface area contributed by atoms with Gasteiger partial charge in [0, 0.05) is 19.3 Å². The van der Waals surface area contributed by atoms with Crippen molar-refractivity contribution in [2.75, 3.05) is 26.4 Å². The Balaban J connectivity index is 1.71. The summed E-state index contributed by atoms with van der Waals surface area (Å²) in [6, 6.07) is 0. The molecule has 0 aromatic heterocycles. The van der Waals surface area contributed by atoms with Gasteiger partial charge in [0.25, 0.3) is 0 Å². The van der Waals surface area contributed by atoms with Crippen molar-refractivity contribution in [1.29, 1.82) is 0 Å². The van der Waals surface area contributed by atoms with Crippen molar-refractivity contribution in [3.63, 3.8) is 0 Å². The second kappa shape index (κ2) is 56.1. The van der Waals surface area contributed by atoms with Crippen LogP contribution in [0, 0.1) is 0 Å². The van der Waals surface area contributed by atoms with Crippen molar-refractivity contribution in [1.82, 2.24) is 0 Å². The van der Waals surface area contributed by atoms with Gasteiger partial charge in [-0.2, -0.15) is 0 Å². The third-order valence-electron chi connectivity index (χ3n) is 19.3. The van der Waals surface area contributed by atoms with Crippen molar-refractivity contribution in [2.24, 2.45) is 0 Å². The van der Waals surface area contributed by atoms with E-state index in [1.54, 1.807) is 0 Å². The fourth-order valence-corrected chi connectivity index (χ4v) is 13.9. The summed E-state index contributed by atoms with van der Waals surface area (Å²) in [5, 5.41) is 110. The maximum atomic E-state index is 14.3. The van der Waals surface area contributed by atoms with Gasteiger partial charge in [0.15, 0.2) is 18.7 Å². The molecule has 1 saturated carbocycles. The summed E-state index contributed by atoms with van der Waals surface area (Å²) >= 11 is 0. The third-order valence-corrected chi connectivity index (χ3v) is 20.3. The number of aliphatic hydroxyl groups excluding tert-OH is 10. The van der Waals surface area contributed by atoms with Gasteiger partial charge >= 0.3 is 25.7 Å². The molecule has 582 valence electrons. The third kappa shape index (κ3) is 39.0. The summed E-state index contributed by atoms with van der Waals surface area (Å²) in [5.41, 5.74) is 0. The topological polar surface area (TPSA) is 374 Å². The van der Waals surface area contributed by atoms with E-state index >= 15 is 0 Å². The number of esters is 3. The zero-order valence-corrected chi connectivity index (χ0v) is 61.7. The molecule has 99 heavy (non-hydrogen) atoms. The number of carbonyl (C=O) groups excluding carboxylic acids is 3. The zero-order valence-electron chi connectivity index (χ0n) is 60.8. The quantitative estimate of drug-likeness (QED) is 0.00886. The van der Waals surface area contributed by atoms with Gasteiger partial charge in [-0.25, -0.2) is 4.57 Å². The molecule has 0 amide bonds. The van der Waals surface area contributed by atoms with Crippen molar-refractivity contribution in [2.45, 2.75) is 414 Å². The molecule has 3 aliphatic rings. The number of allylic oxidation sites excluding steroid dienone is 2. The first kappa shape index (κ1) is 90.9. The predicted molar refractivity (Wildman–Crippen MR) is 375 cm³/mol. The Morgan fingerprint density at radius 1 is 0.384 bits per heavy atom. The Labute approximate surface area is 592 Å². The molecule has 0 bridgehead atoms. The summed E-state index contributed by atoms with van der Waals surface area (Å²) < 4.78 is 65.1. The van der Waals surface area contributed by atoms with Gasteiger partial charge in [-0.05, 0) is 44.9 Å². The van der Waals surface area contributed by atoms with E-state index in [9.17, 15) is 74.9 Å². The van der Waals surface area contributed by atoms with Crippen molar-refractivity contribution < 1.29 is 117 Å². The second-order valence-corrected chi connectivity index (χ2v) is 29.5. The first-order valence-corrected chi connectivity index (χ1v) is 40.5. The highest BCUT2D eigenvalue weighted by molar-refractivity contribution is 7.47. The monoisotopic (exact) mass is 1440 g/mol. The van der Waals surface area contributed by atoms with Crippen LogP contribution in [0.2, 0.25) is 0 Å². The molecule has 25 heteroatoms. The van der Waals surface area contributed by atoms with E-state index in [4.69, 9.17) is 42.2 Å². The number of phosphoric ester groups is 1. The van der Waals surface area contributed by atoms with Gasteiger partial charge in [0.05, 0.1) is 13.2 Å². The lowest BCUT2D eigenvalue weighted by molar-refractivity contribution is -0.360. The van der Waals surface area contributed by atoms with E-state index in [0.717, 1.165) is 109 Å². The van der Waals surface area contributed by atoms with Gasteiger partial charge in [-0.15, -0.1) is 0 Å². The smallest absolute Gasteiger partial charge is 0.463 e. The zero-order chi connectivity index (χ0) is 72.5. The van der Waals surface area contributed by atoms with E-state index in [1.165, 1.54) is 141 Å².